The molecule has 2 aromatic rings. The molecule has 0 radical (unpaired) electrons. The molecule has 0 bridgehead atoms. The summed E-state index contributed by atoms with van der Waals surface area (Å²) in [5.74, 6) is -0.413. The number of carbonyl (C=O) groups is 3. The maximum atomic E-state index is 12.1. The van der Waals surface area contributed by atoms with Gasteiger partial charge in [0.1, 0.15) is 0 Å². The summed E-state index contributed by atoms with van der Waals surface area (Å²) in [4.78, 5) is 31.6. The Labute approximate surface area is 201 Å². The van der Waals surface area contributed by atoms with Crippen molar-refractivity contribution < 1.29 is 22.8 Å². The fraction of sp³-hybridized carbons (Fsp3) is 0.320. The van der Waals surface area contributed by atoms with Gasteiger partial charge in [0, 0.05) is 24.6 Å². The lowest BCUT2D eigenvalue weighted by molar-refractivity contribution is -0.116. The molecule has 1 saturated carbocycles. The van der Waals surface area contributed by atoms with Gasteiger partial charge in [0.05, 0.1) is 10.5 Å². The van der Waals surface area contributed by atoms with Crippen LogP contribution in [0.1, 0.15) is 50.2 Å². The molecule has 8 nitrogen and oxygen atoms in total. The molecule has 0 aromatic heterocycles. The number of rotatable bonds is 7. The van der Waals surface area contributed by atoms with Crippen molar-refractivity contribution >= 4 is 40.2 Å². The van der Waals surface area contributed by atoms with Gasteiger partial charge in [-0.05, 0) is 53.7 Å². The molecule has 0 spiro atoms. The van der Waals surface area contributed by atoms with Crippen LogP contribution >= 0.6 is 0 Å². The van der Waals surface area contributed by atoms with E-state index in [0.717, 1.165) is 41.6 Å². The summed E-state index contributed by atoms with van der Waals surface area (Å²) in [6.07, 6.45) is 6.61. The SMILES string of the molecule is CC.CNc1c(/C=C(\C=O)C(N)=O)ccc(C2CCC2)c1-c1cccc(S(C)(=O)=O)c1.NC=O. The normalized spacial score (nSPS) is 13.2. The van der Waals surface area contributed by atoms with Crippen LogP contribution in [0.5, 0.6) is 0 Å². The van der Waals surface area contributed by atoms with Crippen molar-refractivity contribution in [1.82, 2.24) is 0 Å². The van der Waals surface area contributed by atoms with Crippen LogP contribution in [0.2, 0.25) is 0 Å². The molecule has 0 aliphatic heterocycles. The van der Waals surface area contributed by atoms with Crippen LogP contribution in [-0.2, 0) is 24.2 Å². The summed E-state index contributed by atoms with van der Waals surface area (Å²) in [6.45, 7) is 4.00. The zero-order valence-corrected chi connectivity index (χ0v) is 20.8. The largest absolute Gasteiger partial charge is 0.387 e. The van der Waals surface area contributed by atoms with E-state index in [9.17, 15) is 18.0 Å². The Kier molecular flexibility index (Phi) is 11.2. The number of nitrogens with one attached hydrogen (secondary N) is 1. The molecular weight excluding hydrogens is 454 g/mol. The highest BCUT2D eigenvalue weighted by Crippen LogP contribution is 2.45. The zero-order valence-electron chi connectivity index (χ0n) is 20.0. The molecule has 9 heteroatoms. The molecule has 2 amide bonds. The van der Waals surface area contributed by atoms with Gasteiger partial charge in [-0.25, -0.2) is 8.42 Å². The number of hydrogen-bond acceptors (Lipinski definition) is 6. The number of benzene rings is 2. The number of sulfone groups is 1. The Balaban J connectivity index is 0.00000107. The van der Waals surface area contributed by atoms with Crippen molar-refractivity contribution in [2.45, 2.75) is 43.9 Å². The van der Waals surface area contributed by atoms with Gasteiger partial charge in [-0.3, -0.25) is 14.4 Å². The maximum absolute atomic E-state index is 12.1. The quantitative estimate of drug-likeness (QED) is 0.236. The van der Waals surface area contributed by atoms with Gasteiger partial charge < -0.3 is 16.8 Å². The number of anilines is 1. The minimum atomic E-state index is -3.36. The predicted octanol–water partition coefficient (Wildman–Crippen LogP) is 3.26. The Hall–Kier alpha value is -3.46. The minimum Gasteiger partial charge on any atom is -0.387 e. The van der Waals surface area contributed by atoms with E-state index in [-0.39, 0.29) is 16.9 Å². The molecule has 1 aliphatic rings. The van der Waals surface area contributed by atoms with E-state index < -0.39 is 15.7 Å². The Bertz CT molecular complexity index is 1150. The van der Waals surface area contributed by atoms with E-state index in [1.807, 2.05) is 32.0 Å². The Morgan fingerprint density at radius 2 is 1.74 bits per heavy atom. The van der Waals surface area contributed by atoms with E-state index in [2.05, 4.69) is 11.1 Å². The maximum Gasteiger partial charge on any atom is 0.252 e. The number of hydrogen-bond donors (Lipinski definition) is 3. The molecule has 5 N–H and O–H groups in total. The zero-order chi connectivity index (χ0) is 25.9. The topological polar surface area (TPSA) is 149 Å². The van der Waals surface area contributed by atoms with Crippen LogP contribution in [-0.4, -0.2) is 40.3 Å². The monoisotopic (exact) mass is 487 g/mol. The molecular formula is C25H33N3O5S. The summed E-state index contributed by atoms with van der Waals surface area (Å²) in [7, 11) is -1.61. The van der Waals surface area contributed by atoms with Crippen LogP contribution < -0.4 is 16.8 Å². The van der Waals surface area contributed by atoms with Crippen molar-refractivity contribution in [2.75, 3.05) is 18.6 Å². The van der Waals surface area contributed by atoms with E-state index >= 15 is 0 Å². The fourth-order valence-electron chi connectivity index (χ4n) is 3.61. The third-order valence-corrected chi connectivity index (χ3v) is 6.45. The summed E-state index contributed by atoms with van der Waals surface area (Å²) >= 11 is 0. The van der Waals surface area contributed by atoms with Gasteiger partial charge in [-0.2, -0.15) is 0 Å². The molecule has 0 unspecified atom stereocenters. The summed E-state index contributed by atoms with van der Waals surface area (Å²) in [6, 6.07) is 10.7. The van der Waals surface area contributed by atoms with Crippen molar-refractivity contribution in [3.63, 3.8) is 0 Å². The molecule has 1 fully saturated rings. The van der Waals surface area contributed by atoms with E-state index in [1.54, 1.807) is 25.2 Å². The van der Waals surface area contributed by atoms with Crippen LogP contribution in [0, 0.1) is 0 Å². The van der Waals surface area contributed by atoms with Crippen LogP contribution in [0.3, 0.4) is 0 Å². The second-order valence-corrected chi connectivity index (χ2v) is 9.41. The Morgan fingerprint density at radius 3 is 2.18 bits per heavy atom. The molecule has 0 saturated heterocycles. The van der Waals surface area contributed by atoms with Crippen LogP contribution in [0.15, 0.2) is 46.9 Å². The first-order valence-electron chi connectivity index (χ1n) is 10.9. The predicted molar refractivity (Wildman–Crippen MR) is 136 cm³/mol. The molecule has 2 aromatic carbocycles. The number of aldehydes is 1. The first kappa shape index (κ1) is 28.6. The van der Waals surface area contributed by atoms with Gasteiger partial charge >= 0.3 is 0 Å². The third-order valence-electron chi connectivity index (χ3n) is 5.34. The van der Waals surface area contributed by atoms with E-state index in [1.165, 1.54) is 12.3 Å². The third kappa shape index (κ3) is 7.02. The fourth-order valence-corrected chi connectivity index (χ4v) is 4.27. The first-order valence-corrected chi connectivity index (χ1v) is 12.8. The van der Waals surface area contributed by atoms with Crippen molar-refractivity contribution in [1.29, 1.82) is 0 Å². The number of carbonyl (C=O) groups excluding carboxylic acids is 3. The van der Waals surface area contributed by atoms with Gasteiger partial charge in [0.2, 0.25) is 6.41 Å². The summed E-state index contributed by atoms with van der Waals surface area (Å²) < 4.78 is 24.1. The standard InChI is InChI=1S/C22H24N2O4S.C2H6.CH3NO/c1-24-21-16(11-17(13-25)22(23)26)9-10-19(14-5-3-6-14)20(21)15-7-4-8-18(12-15)29(2,27)28;1-2;2-1-3/h4,7-14,24H,3,5-6H2,1-2H3,(H2,23,26);1-2H3;1H,(H2,2,3)/b17-11+;;. The summed E-state index contributed by atoms with van der Waals surface area (Å²) in [5, 5.41) is 3.17. The highest BCUT2D eigenvalue weighted by Gasteiger charge is 2.26. The Morgan fingerprint density at radius 1 is 1.12 bits per heavy atom. The lowest BCUT2D eigenvalue weighted by atomic mass is 9.76. The van der Waals surface area contributed by atoms with Gasteiger partial charge in [0.15, 0.2) is 16.1 Å². The summed E-state index contributed by atoms with van der Waals surface area (Å²) in [5.41, 5.74) is 13.4. The molecule has 3 rings (SSSR count). The molecule has 1 aliphatic carbocycles. The number of nitrogens with two attached hydrogens (primary N) is 2. The lowest BCUT2D eigenvalue weighted by Crippen LogP contribution is -2.15. The second-order valence-electron chi connectivity index (χ2n) is 7.39. The molecule has 34 heavy (non-hydrogen) atoms. The van der Waals surface area contributed by atoms with E-state index in [0.29, 0.717) is 17.8 Å². The molecule has 184 valence electrons. The average Bonchev–Trinajstić information content (AvgIpc) is 2.77. The highest BCUT2D eigenvalue weighted by atomic mass is 32.2. The van der Waals surface area contributed by atoms with E-state index in [4.69, 9.17) is 10.5 Å². The van der Waals surface area contributed by atoms with Gasteiger partial charge in [-0.15, -0.1) is 0 Å². The number of amides is 2. The van der Waals surface area contributed by atoms with Crippen molar-refractivity contribution in [2.24, 2.45) is 11.5 Å². The van der Waals surface area contributed by atoms with Crippen molar-refractivity contribution in [3.8, 4) is 11.1 Å². The number of primary amides is 2. The molecule has 0 heterocycles. The van der Waals surface area contributed by atoms with Crippen LogP contribution in [0.4, 0.5) is 5.69 Å². The first-order chi connectivity index (χ1) is 16.2. The lowest BCUT2D eigenvalue weighted by Gasteiger charge is -2.30. The van der Waals surface area contributed by atoms with Gasteiger partial charge in [0.25, 0.3) is 5.91 Å². The van der Waals surface area contributed by atoms with Crippen molar-refractivity contribution in [3.05, 3.63) is 53.1 Å². The average molecular weight is 488 g/mol. The van der Waals surface area contributed by atoms with Gasteiger partial charge in [-0.1, -0.05) is 44.5 Å². The minimum absolute atomic E-state index is 0.131. The smallest absolute Gasteiger partial charge is 0.252 e. The second kappa shape index (κ2) is 13.3. The molecule has 0 atom stereocenters. The van der Waals surface area contributed by atoms with Crippen LogP contribution in [0.25, 0.3) is 17.2 Å². The highest BCUT2D eigenvalue weighted by molar-refractivity contribution is 7.90.